The highest BCUT2D eigenvalue weighted by molar-refractivity contribution is 9.10. The largest absolute Gasteiger partial charge is 0.302 e. The van der Waals surface area contributed by atoms with Crippen LogP contribution in [0.15, 0.2) is 28.7 Å². The summed E-state index contributed by atoms with van der Waals surface area (Å²) >= 11 is 3.28. The third kappa shape index (κ3) is 1.88. The number of aldehydes is 1. The lowest BCUT2D eigenvalue weighted by molar-refractivity contribution is -0.110. The van der Waals surface area contributed by atoms with Crippen LogP contribution in [0.25, 0.3) is 0 Å². The van der Waals surface area contributed by atoms with E-state index in [0.717, 1.165) is 10.7 Å². The normalized spacial score (nSPS) is 30.5. The van der Waals surface area contributed by atoms with Crippen LogP contribution >= 0.6 is 15.9 Å². The molecule has 18 heavy (non-hydrogen) atoms. The Morgan fingerprint density at radius 1 is 1.39 bits per heavy atom. The number of hydrogen-bond acceptors (Lipinski definition) is 4. The Morgan fingerprint density at radius 2 is 1.94 bits per heavy atom. The zero-order valence-corrected chi connectivity index (χ0v) is 11.9. The molecule has 94 valence electrons. The van der Waals surface area contributed by atoms with Gasteiger partial charge >= 0.3 is 0 Å². The molecule has 1 fully saturated rings. The van der Waals surface area contributed by atoms with Gasteiger partial charge in [0.2, 0.25) is 0 Å². The first-order valence-corrected chi connectivity index (χ1v) is 7.93. The minimum Gasteiger partial charge on any atom is -0.302 e. The molecule has 1 saturated carbocycles. The Balaban J connectivity index is 2.49. The number of nitrogens with zero attached hydrogens (tertiary/aromatic N) is 1. The van der Waals surface area contributed by atoms with Crippen LogP contribution in [0.2, 0.25) is 0 Å². The van der Waals surface area contributed by atoms with E-state index in [4.69, 9.17) is 5.26 Å². The molecule has 0 bridgehead atoms. The molecule has 0 aromatic heterocycles. The number of sulfone groups is 1. The van der Waals surface area contributed by atoms with Crippen molar-refractivity contribution in [1.82, 2.24) is 0 Å². The van der Waals surface area contributed by atoms with E-state index in [1.807, 2.05) is 6.07 Å². The summed E-state index contributed by atoms with van der Waals surface area (Å²) in [6.07, 6.45) is 1.53. The average molecular weight is 328 g/mol. The molecule has 0 aliphatic heterocycles. The van der Waals surface area contributed by atoms with E-state index in [0.29, 0.717) is 11.8 Å². The Morgan fingerprint density at radius 3 is 2.28 bits per heavy atom. The molecule has 2 rings (SSSR count). The minimum absolute atomic E-state index is 0.464. The number of carbonyl (C=O) groups is 1. The van der Waals surface area contributed by atoms with Gasteiger partial charge < -0.3 is 4.79 Å². The highest BCUT2D eigenvalue weighted by Gasteiger charge is 2.71. The summed E-state index contributed by atoms with van der Waals surface area (Å²) < 4.78 is 24.2. The predicted molar refractivity (Wildman–Crippen MR) is 69.6 cm³/mol. The van der Waals surface area contributed by atoms with Crippen molar-refractivity contribution in [2.75, 3.05) is 6.26 Å². The predicted octanol–water partition coefficient (Wildman–Crippen LogP) is 1.67. The van der Waals surface area contributed by atoms with Gasteiger partial charge in [-0.2, -0.15) is 5.26 Å². The van der Waals surface area contributed by atoms with E-state index in [1.54, 1.807) is 24.3 Å². The second-order valence-corrected chi connectivity index (χ2v) is 7.52. The van der Waals surface area contributed by atoms with Crippen molar-refractivity contribution in [3.63, 3.8) is 0 Å². The number of hydrogen-bond donors (Lipinski definition) is 0. The molecule has 6 heteroatoms. The van der Waals surface area contributed by atoms with E-state index >= 15 is 0 Å². The van der Waals surface area contributed by atoms with Gasteiger partial charge in [0.15, 0.2) is 9.84 Å². The molecule has 4 nitrogen and oxygen atoms in total. The Kier molecular flexibility index (Phi) is 3.07. The fourth-order valence-corrected chi connectivity index (χ4v) is 4.42. The van der Waals surface area contributed by atoms with Crippen LogP contribution in [0.1, 0.15) is 11.5 Å². The lowest BCUT2D eigenvalue weighted by atomic mass is 10.0. The Hall–Kier alpha value is -1.19. The first kappa shape index (κ1) is 13.2. The van der Waals surface area contributed by atoms with Crippen LogP contribution in [0, 0.1) is 16.7 Å². The molecule has 1 aliphatic carbocycles. The van der Waals surface area contributed by atoms with E-state index in [2.05, 4.69) is 15.9 Å². The lowest BCUT2D eigenvalue weighted by Crippen LogP contribution is -2.14. The molecule has 3 unspecified atom stereocenters. The molecule has 1 aliphatic rings. The molecule has 0 heterocycles. The zero-order valence-electron chi connectivity index (χ0n) is 9.50. The van der Waals surface area contributed by atoms with E-state index in [1.165, 1.54) is 0 Å². The quantitative estimate of drug-likeness (QED) is 0.791. The number of benzene rings is 1. The Labute approximate surface area is 114 Å². The zero-order chi connectivity index (χ0) is 13.6. The van der Waals surface area contributed by atoms with E-state index in [-0.39, 0.29) is 0 Å². The number of halogens is 1. The second kappa shape index (κ2) is 4.18. The maximum Gasteiger partial charge on any atom is 0.153 e. The van der Waals surface area contributed by atoms with Crippen molar-refractivity contribution in [2.24, 2.45) is 5.41 Å². The highest BCUT2D eigenvalue weighted by atomic mass is 79.9. The third-order valence-corrected chi connectivity index (χ3v) is 5.37. The number of nitriles is 1. The van der Waals surface area contributed by atoms with Gasteiger partial charge in [-0.25, -0.2) is 8.42 Å². The summed E-state index contributed by atoms with van der Waals surface area (Å²) in [5, 5.41) is 8.19. The van der Waals surface area contributed by atoms with Gasteiger partial charge in [0.1, 0.15) is 11.7 Å². The van der Waals surface area contributed by atoms with Crippen molar-refractivity contribution in [3.05, 3.63) is 34.3 Å². The maximum absolute atomic E-state index is 11.7. The smallest absolute Gasteiger partial charge is 0.153 e. The SMILES string of the molecule is CS(=O)(=O)C1C(c2ccc(Br)cc2)C1(C#N)C=O. The number of carbonyl (C=O) groups excluding carboxylic acids is 1. The molecule has 0 amide bonds. The van der Waals surface area contributed by atoms with Crippen LogP contribution in [0.3, 0.4) is 0 Å². The molecular formula is C12H10BrNO3S. The average Bonchev–Trinajstić information content (AvgIpc) is 3.00. The van der Waals surface area contributed by atoms with Gasteiger partial charge in [0, 0.05) is 16.6 Å². The van der Waals surface area contributed by atoms with Gasteiger partial charge in [-0.1, -0.05) is 28.1 Å². The van der Waals surface area contributed by atoms with Crippen LogP contribution < -0.4 is 0 Å². The summed E-state index contributed by atoms with van der Waals surface area (Å²) in [6, 6.07) is 8.85. The van der Waals surface area contributed by atoms with Crippen molar-refractivity contribution < 1.29 is 13.2 Å². The van der Waals surface area contributed by atoms with Crippen LogP contribution in [-0.2, 0) is 14.6 Å². The van der Waals surface area contributed by atoms with Crippen molar-refractivity contribution in [1.29, 1.82) is 5.26 Å². The Bertz CT molecular complexity index is 632. The van der Waals surface area contributed by atoms with Crippen LogP contribution in [-0.4, -0.2) is 26.2 Å². The summed E-state index contributed by atoms with van der Waals surface area (Å²) in [5.74, 6) is -0.567. The van der Waals surface area contributed by atoms with Gasteiger partial charge in [-0.05, 0) is 17.7 Å². The molecule has 3 atom stereocenters. The molecule has 1 aromatic rings. The molecule has 0 saturated heterocycles. The minimum atomic E-state index is -3.43. The molecular weight excluding hydrogens is 318 g/mol. The third-order valence-electron chi connectivity index (χ3n) is 3.26. The summed E-state index contributed by atoms with van der Waals surface area (Å²) in [5.41, 5.74) is -0.733. The molecule has 0 radical (unpaired) electrons. The first-order valence-electron chi connectivity index (χ1n) is 5.18. The topological polar surface area (TPSA) is 75.0 Å². The fourth-order valence-electron chi connectivity index (χ4n) is 2.40. The van der Waals surface area contributed by atoms with Gasteiger partial charge in [0.25, 0.3) is 0 Å². The lowest BCUT2D eigenvalue weighted by Gasteiger charge is -1.99. The first-order chi connectivity index (χ1) is 8.36. The molecule has 1 aromatic carbocycles. The van der Waals surface area contributed by atoms with Crippen molar-refractivity contribution in [2.45, 2.75) is 11.2 Å². The van der Waals surface area contributed by atoms with Gasteiger partial charge in [-0.3, -0.25) is 0 Å². The summed E-state index contributed by atoms with van der Waals surface area (Å²) in [7, 11) is -3.43. The van der Waals surface area contributed by atoms with Crippen LogP contribution in [0.4, 0.5) is 0 Å². The second-order valence-electron chi connectivity index (χ2n) is 4.44. The van der Waals surface area contributed by atoms with E-state index < -0.39 is 26.4 Å². The maximum atomic E-state index is 11.7. The number of rotatable bonds is 3. The highest BCUT2D eigenvalue weighted by Crippen LogP contribution is 2.61. The van der Waals surface area contributed by atoms with Gasteiger partial charge in [-0.15, -0.1) is 0 Å². The summed E-state index contributed by atoms with van der Waals surface area (Å²) in [6.45, 7) is 0. The van der Waals surface area contributed by atoms with Gasteiger partial charge in [0.05, 0.1) is 11.3 Å². The van der Waals surface area contributed by atoms with E-state index in [9.17, 15) is 13.2 Å². The fraction of sp³-hybridized carbons (Fsp3) is 0.333. The standard InChI is InChI=1S/C12H10BrNO3S/c1-18(16,17)11-10(12(11,6-14)7-15)8-2-4-9(13)5-3-8/h2-5,7,10-11H,1H3. The summed E-state index contributed by atoms with van der Waals surface area (Å²) in [4.78, 5) is 11.1. The van der Waals surface area contributed by atoms with Crippen molar-refractivity contribution in [3.8, 4) is 6.07 Å². The van der Waals surface area contributed by atoms with Crippen LogP contribution in [0.5, 0.6) is 0 Å². The monoisotopic (exact) mass is 327 g/mol. The molecule has 0 N–H and O–H groups in total. The molecule has 0 spiro atoms. The van der Waals surface area contributed by atoms with Crippen molar-refractivity contribution >= 4 is 32.1 Å².